The van der Waals surface area contributed by atoms with Gasteiger partial charge in [-0.1, -0.05) is 6.07 Å². The third-order valence-corrected chi connectivity index (χ3v) is 8.22. The molecule has 3 aromatic heterocycles. The fraction of sp³-hybridized carbons (Fsp3) is 0.394. The van der Waals surface area contributed by atoms with Gasteiger partial charge in [0.1, 0.15) is 29.5 Å². The van der Waals surface area contributed by atoms with Crippen molar-refractivity contribution in [1.82, 2.24) is 24.4 Å². The number of hydrogen-bond acceptors (Lipinski definition) is 10. The molecule has 1 aliphatic rings. The highest BCUT2D eigenvalue weighted by Crippen LogP contribution is 2.32. The van der Waals surface area contributed by atoms with E-state index in [0.717, 1.165) is 17.6 Å². The highest BCUT2D eigenvalue weighted by atomic mass is 19.3. The molecular formula is C33H35F3N6O7. The van der Waals surface area contributed by atoms with E-state index in [2.05, 4.69) is 15.3 Å². The van der Waals surface area contributed by atoms with E-state index in [4.69, 9.17) is 14.2 Å². The molecule has 1 amide bonds. The van der Waals surface area contributed by atoms with Crippen LogP contribution >= 0.6 is 0 Å². The molecule has 49 heavy (non-hydrogen) atoms. The summed E-state index contributed by atoms with van der Waals surface area (Å²) in [7, 11) is 2.91. The number of aromatic nitrogens is 4. The minimum atomic E-state index is -3.13. The first-order valence-electron chi connectivity index (χ1n) is 15.4. The summed E-state index contributed by atoms with van der Waals surface area (Å²) in [4.78, 5) is 62.4. The Kier molecular flexibility index (Phi) is 10.1. The summed E-state index contributed by atoms with van der Waals surface area (Å²) < 4.78 is 61.7. The number of nitrogens with zero attached hydrogens (tertiary/aromatic N) is 5. The van der Waals surface area contributed by atoms with Gasteiger partial charge in [-0.15, -0.1) is 0 Å². The normalized spacial score (nSPS) is 15.6. The second kappa shape index (κ2) is 14.1. The van der Waals surface area contributed by atoms with Crippen molar-refractivity contribution < 1.29 is 37.0 Å². The Morgan fingerprint density at radius 1 is 1.16 bits per heavy atom. The Balaban J connectivity index is 1.39. The molecule has 5 rings (SSSR count). The predicted molar refractivity (Wildman–Crippen MR) is 172 cm³/mol. The minimum Gasteiger partial charge on any atom is -0.495 e. The van der Waals surface area contributed by atoms with Gasteiger partial charge in [-0.3, -0.25) is 14.2 Å². The lowest BCUT2D eigenvalue weighted by atomic mass is 10.0. The topological polar surface area (TPSA) is 147 Å². The lowest BCUT2D eigenvalue weighted by molar-refractivity contribution is -0.145. The van der Waals surface area contributed by atoms with E-state index in [9.17, 15) is 28.0 Å². The lowest BCUT2D eigenvalue weighted by Gasteiger charge is -2.40. The van der Waals surface area contributed by atoms with E-state index in [0.29, 0.717) is 11.3 Å². The van der Waals surface area contributed by atoms with E-state index in [-0.39, 0.29) is 66.5 Å². The molecule has 0 spiro atoms. The second-order valence-electron chi connectivity index (χ2n) is 11.6. The van der Waals surface area contributed by atoms with Crippen molar-refractivity contribution in [3.8, 4) is 11.6 Å². The van der Waals surface area contributed by atoms with E-state index >= 15 is 4.39 Å². The second-order valence-corrected chi connectivity index (χ2v) is 11.6. The number of fused-ring (bicyclic) bond motifs is 1. The first-order valence-corrected chi connectivity index (χ1v) is 15.4. The van der Waals surface area contributed by atoms with Gasteiger partial charge in [0.05, 0.1) is 44.2 Å². The zero-order valence-electron chi connectivity index (χ0n) is 27.5. The van der Waals surface area contributed by atoms with Gasteiger partial charge >= 0.3 is 11.7 Å². The summed E-state index contributed by atoms with van der Waals surface area (Å²) >= 11 is 0. The van der Waals surface area contributed by atoms with Gasteiger partial charge in [-0.2, -0.15) is 0 Å². The van der Waals surface area contributed by atoms with Crippen molar-refractivity contribution in [3.05, 3.63) is 86.1 Å². The highest BCUT2D eigenvalue weighted by molar-refractivity contribution is 5.98. The number of rotatable bonds is 10. The zero-order chi connectivity index (χ0) is 35.6. The van der Waals surface area contributed by atoms with Crippen molar-refractivity contribution in [3.63, 3.8) is 0 Å². The molecule has 260 valence electrons. The number of amides is 1. The summed E-state index contributed by atoms with van der Waals surface area (Å²) in [6.45, 7) is 3.85. The fourth-order valence-electron chi connectivity index (χ4n) is 5.70. The van der Waals surface area contributed by atoms with Crippen LogP contribution in [0.25, 0.3) is 16.9 Å². The lowest BCUT2D eigenvalue weighted by Crippen LogP contribution is -2.54. The molecule has 0 radical (unpaired) electrons. The van der Waals surface area contributed by atoms with Gasteiger partial charge in [0.2, 0.25) is 0 Å². The molecule has 0 bridgehead atoms. The third kappa shape index (κ3) is 7.13. The first-order chi connectivity index (χ1) is 23.2. The van der Waals surface area contributed by atoms with Crippen molar-refractivity contribution in [1.29, 1.82) is 0 Å². The minimum absolute atomic E-state index is 0.00133. The fourth-order valence-corrected chi connectivity index (χ4v) is 5.70. The molecule has 13 nitrogen and oxygen atoms in total. The Bertz CT molecular complexity index is 1990. The Morgan fingerprint density at radius 2 is 1.92 bits per heavy atom. The summed E-state index contributed by atoms with van der Waals surface area (Å²) in [5.74, 6) is -5.44. The highest BCUT2D eigenvalue weighted by Gasteiger charge is 2.41. The van der Waals surface area contributed by atoms with Crippen LogP contribution in [0.15, 0.2) is 52.3 Å². The van der Waals surface area contributed by atoms with Crippen molar-refractivity contribution >= 4 is 28.6 Å². The number of alkyl halides is 2. The maximum Gasteiger partial charge on any atom is 0.337 e. The number of esters is 1. The van der Waals surface area contributed by atoms with Crippen LogP contribution in [0.5, 0.6) is 5.75 Å². The zero-order valence-corrected chi connectivity index (χ0v) is 27.5. The molecule has 0 aliphatic carbocycles. The Hall–Kier alpha value is -5.25. The van der Waals surface area contributed by atoms with Gasteiger partial charge in [0.15, 0.2) is 5.52 Å². The molecule has 0 saturated carbocycles. The van der Waals surface area contributed by atoms with E-state index in [1.807, 2.05) is 0 Å². The summed E-state index contributed by atoms with van der Waals surface area (Å²) in [6, 6.07) is 4.28. The number of hydrogen-bond donors (Lipinski definition) is 1. The maximum absolute atomic E-state index is 15.5. The molecule has 4 aromatic rings. The summed E-state index contributed by atoms with van der Waals surface area (Å²) in [6.07, 6.45) is 2.55. The molecule has 1 N–H and O–H groups in total. The summed E-state index contributed by atoms with van der Waals surface area (Å²) in [5.41, 5.74) is -0.702. The SMILES string of the molecule is CCOC(=O)[C@H](Cc1ccc(-n2c(=O)c3ncc(OC)cc3n(C)c2=O)nc1)NC(=O)c1c(C)cc(N2CCOC[C@@H]2C(C)(F)F)cc1F. The number of carbonyl (C=O) groups excluding carboxylic acids is 2. The number of pyridine rings is 2. The number of halogens is 3. The first kappa shape index (κ1) is 35.1. The molecule has 4 heterocycles. The number of ether oxygens (including phenoxy) is 3. The van der Waals surface area contributed by atoms with E-state index in [1.165, 1.54) is 67.2 Å². The summed E-state index contributed by atoms with van der Waals surface area (Å²) in [5, 5.41) is 2.52. The Labute approximate surface area is 278 Å². The molecule has 1 aromatic carbocycles. The van der Waals surface area contributed by atoms with E-state index < -0.39 is 46.9 Å². The van der Waals surface area contributed by atoms with Gasteiger partial charge < -0.3 is 24.4 Å². The van der Waals surface area contributed by atoms with Gasteiger partial charge in [0, 0.05) is 44.9 Å². The number of aryl methyl sites for hydroxylation is 2. The quantitative estimate of drug-likeness (QED) is 0.248. The van der Waals surface area contributed by atoms with Crippen molar-refractivity contribution in [2.75, 3.05) is 38.4 Å². The molecule has 2 atom stereocenters. The third-order valence-electron chi connectivity index (χ3n) is 8.22. The van der Waals surface area contributed by atoms with E-state index in [1.54, 1.807) is 6.92 Å². The standard InChI is InChI=1S/C33H35F3N6O7/c1-6-49-31(45)23(39-29(43)27-18(2)11-20(13-22(27)34)41-9-10-48-17-25(41)33(3,35)36)12-19-7-8-26(37-15-19)42-30(44)28-24(40(4)32(42)46)14-21(47-5)16-38-28/h7-8,11,13-16,23,25H,6,9-10,12,17H2,1-5H3,(H,39,43)/t23-,25+/m0/s1. The van der Waals surface area contributed by atoms with Crippen LogP contribution in [-0.4, -0.2) is 82.5 Å². The molecule has 1 saturated heterocycles. The van der Waals surface area contributed by atoms with Crippen LogP contribution in [-0.2, 0) is 27.7 Å². The van der Waals surface area contributed by atoms with Crippen molar-refractivity contribution in [2.45, 2.75) is 45.2 Å². The largest absolute Gasteiger partial charge is 0.495 e. The molecule has 16 heteroatoms. The van der Waals surface area contributed by atoms with Crippen LogP contribution in [0.3, 0.4) is 0 Å². The monoisotopic (exact) mass is 684 g/mol. The average molecular weight is 685 g/mol. The smallest absolute Gasteiger partial charge is 0.337 e. The van der Waals surface area contributed by atoms with Gasteiger partial charge in [-0.25, -0.2) is 37.3 Å². The number of carbonyl (C=O) groups is 2. The number of morpholine rings is 1. The van der Waals surface area contributed by atoms with Crippen LogP contribution in [0.2, 0.25) is 0 Å². The Morgan fingerprint density at radius 3 is 2.55 bits per heavy atom. The van der Waals surface area contributed by atoms with Gasteiger partial charge in [-0.05, 0) is 43.2 Å². The molecule has 1 fully saturated rings. The van der Waals surface area contributed by atoms with Crippen LogP contribution in [0, 0.1) is 12.7 Å². The molecule has 0 unspecified atom stereocenters. The number of anilines is 1. The van der Waals surface area contributed by atoms with Crippen LogP contribution in [0.4, 0.5) is 18.9 Å². The molecule has 1 aliphatic heterocycles. The van der Waals surface area contributed by atoms with Crippen molar-refractivity contribution in [2.24, 2.45) is 7.05 Å². The van der Waals surface area contributed by atoms with Crippen LogP contribution < -0.4 is 26.2 Å². The maximum atomic E-state index is 15.5. The average Bonchev–Trinajstić information content (AvgIpc) is 3.07. The molecular weight excluding hydrogens is 649 g/mol. The number of benzene rings is 1. The predicted octanol–water partition coefficient (Wildman–Crippen LogP) is 2.70. The van der Waals surface area contributed by atoms with Crippen LogP contribution in [0.1, 0.15) is 35.3 Å². The number of methoxy groups -OCH3 is 1. The van der Waals surface area contributed by atoms with Gasteiger partial charge in [0.25, 0.3) is 17.4 Å². The number of nitrogens with one attached hydrogen (secondary N) is 1.